The lowest BCUT2D eigenvalue weighted by Gasteiger charge is -2.37. The summed E-state index contributed by atoms with van der Waals surface area (Å²) in [5.74, 6) is 2.55. The van der Waals surface area contributed by atoms with Crippen molar-refractivity contribution in [2.45, 2.75) is 40.5 Å². The summed E-state index contributed by atoms with van der Waals surface area (Å²) in [7, 11) is 0. The van der Waals surface area contributed by atoms with Gasteiger partial charge in [-0.05, 0) is 55.2 Å². The molecule has 0 saturated heterocycles. The van der Waals surface area contributed by atoms with Crippen molar-refractivity contribution in [3.05, 3.63) is 41.5 Å². The number of aromatic amines is 1. The molecule has 0 fully saturated rings. The van der Waals surface area contributed by atoms with Gasteiger partial charge in [-0.1, -0.05) is 25.5 Å². The van der Waals surface area contributed by atoms with Crippen LogP contribution in [0.15, 0.2) is 29.8 Å². The van der Waals surface area contributed by atoms with Crippen LogP contribution in [0.5, 0.6) is 0 Å². The van der Waals surface area contributed by atoms with E-state index in [1.165, 1.54) is 17.7 Å². The Morgan fingerprint density at radius 2 is 2.19 bits per heavy atom. The Kier molecular flexibility index (Phi) is 5.44. The lowest BCUT2D eigenvalue weighted by Crippen LogP contribution is -2.36. The number of hydrogen-bond acceptors (Lipinski definition) is 2. The van der Waals surface area contributed by atoms with Gasteiger partial charge >= 0.3 is 0 Å². The number of nitrogens with zero attached hydrogens (tertiary/aromatic N) is 1. The molecule has 1 heterocycles. The van der Waals surface area contributed by atoms with Gasteiger partial charge in [0, 0.05) is 19.9 Å². The number of allylic oxidation sites excluding steroid dienone is 1. The standard InChI is InChI=1S/C21H28FN3O/c1-12(2)18-8-15(13(3)7-16(18)11-23-14(4)26)9-21-24-19-6-5-17(22)10-20(19)25-21/h5-7,10,12,15-16,18H,8-9,11H2,1-4H3,(H,23,26)(H,24,25). The predicted octanol–water partition coefficient (Wildman–Crippen LogP) is 4.24. The van der Waals surface area contributed by atoms with Crippen LogP contribution in [0.4, 0.5) is 4.39 Å². The molecule has 3 atom stereocenters. The van der Waals surface area contributed by atoms with Gasteiger partial charge < -0.3 is 10.3 Å². The van der Waals surface area contributed by atoms with Crippen molar-refractivity contribution in [1.82, 2.24) is 15.3 Å². The first kappa shape index (κ1) is 18.6. The first-order chi connectivity index (χ1) is 12.3. The van der Waals surface area contributed by atoms with Crippen molar-refractivity contribution in [3.63, 3.8) is 0 Å². The van der Waals surface area contributed by atoms with Crippen LogP contribution in [0, 0.1) is 29.5 Å². The Morgan fingerprint density at radius 1 is 1.42 bits per heavy atom. The number of fused-ring (bicyclic) bond motifs is 1. The average Bonchev–Trinajstić information content (AvgIpc) is 2.96. The summed E-state index contributed by atoms with van der Waals surface area (Å²) < 4.78 is 13.4. The molecule has 26 heavy (non-hydrogen) atoms. The lowest BCUT2D eigenvalue weighted by molar-refractivity contribution is -0.119. The zero-order valence-electron chi connectivity index (χ0n) is 16.0. The number of hydrogen-bond donors (Lipinski definition) is 2. The van der Waals surface area contributed by atoms with Crippen molar-refractivity contribution in [3.8, 4) is 0 Å². The summed E-state index contributed by atoms with van der Waals surface area (Å²) >= 11 is 0. The molecule has 0 radical (unpaired) electrons. The third-order valence-corrected chi connectivity index (χ3v) is 5.60. The van der Waals surface area contributed by atoms with Gasteiger partial charge in [0.1, 0.15) is 11.6 Å². The molecular weight excluding hydrogens is 329 g/mol. The highest BCUT2D eigenvalue weighted by atomic mass is 19.1. The number of amides is 1. The zero-order chi connectivity index (χ0) is 18.8. The van der Waals surface area contributed by atoms with E-state index in [4.69, 9.17) is 0 Å². The maximum absolute atomic E-state index is 13.4. The molecule has 0 saturated carbocycles. The molecule has 1 aliphatic carbocycles. The fourth-order valence-corrected chi connectivity index (χ4v) is 4.13. The number of nitrogens with one attached hydrogen (secondary N) is 2. The van der Waals surface area contributed by atoms with Gasteiger partial charge in [-0.15, -0.1) is 0 Å². The third-order valence-electron chi connectivity index (χ3n) is 5.60. The Labute approximate surface area is 154 Å². The topological polar surface area (TPSA) is 57.8 Å². The highest BCUT2D eigenvalue weighted by Gasteiger charge is 2.32. The summed E-state index contributed by atoms with van der Waals surface area (Å²) in [4.78, 5) is 19.2. The molecule has 1 aliphatic rings. The molecule has 3 unspecified atom stereocenters. The van der Waals surface area contributed by atoms with Crippen molar-refractivity contribution < 1.29 is 9.18 Å². The summed E-state index contributed by atoms with van der Waals surface area (Å²) in [5.41, 5.74) is 2.91. The van der Waals surface area contributed by atoms with Crippen LogP contribution >= 0.6 is 0 Å². The van der Waals surface area contributed by atoms with E-state index in [1.54, 1.807) is 13.0 Å². The van der Waals surface area contributed by atoms with E-state index in [9.17, 15) is 9.18 Å². The fourth-order valence-electron chi connectivity index (χ4n) is 4.13. The molecule has 4 nitrogen and oxygen atoms in total. The van der Waals surface area contributed by atoms with Gasteiger partial charge in [-0.3, -0.25) is 4.79 Å². The van der Waals surface area contributed by atoms with E-state index in [-0.39, 0.29) is 11.7 Å². The average molecular weight is 357 g/mol. The number of halogens is 1. The van der Waals surface area contributed by atoms with Gasteiger partial charge in [0.2, 0.25) is 5.91 Å². The van der Waals surface area contributed by atoms with Crippen LogP contribution in [0.1, 0.15) is 39.9 Å². The molecule has 0 bridgehead atoms. The SMILES string of the molecule is CC(=O)NCC1C=C(C)C(Cc2nc3ccc(F)cc3[nH]2)CC1C(C)C. The normalized spacial score (nSPS) is 23.3. The van der Waals surface area contributed by atoms with Gasteiger partial charge in [0.05, 0.1) is 11.0 Å². The third kappa shape index (κ3) is 4.14. The molecule has 140 valence electrons. The quantitative estimate of drug-likeness (QED) is 0.787. The van der Waals surface area contributed by atoms with Gasteiger partial charge in [0.15, 0.2) is 0 Å². The molecule has 5 heteroatoms. The van der Waals surface area contributed by atoms with E-state index in [2.05, 4.69) is 42.1 Å². The maximum atomic E-state index is 13.4. The number of H-pyrrole nitrogens is 1. The molecule has 1 aromatic heterocycles. The van der Waals surface area contributed by atoms with Crippen LogP contribution < -0.4 is 5.32 Å². The second-order valence-corrected chi connectivity index (χ2v) is 7.90. The number of imidazole rings is 1. The molecule has 3 rings (SSSR count). The van der Waals surface area contributed by atoms with E-state index < -0.39 is 0 Å². The molecule has 2 aromatic rings. The zero-order valence-corrected chi connectivity index (χ0v) is 16.0. The summed E-state index contributed by atoms with van der Waals surface area (Å²) in [6, 6.07) is 4.66. The second-order valence-electron chi connectivity index (χ2n) is 7.90. The van der Waals surface area contributed by atoms with E-state index >= 15 is 0 Å². The van der Waals surface area contributed by atoms with E-state index in [0.29, 0.717) is 30.2 Å². The van der Waals surface area contributed by atoms with Crippen LogP contribution in [0.2, 0.25) is 0 Å². The minimum atomic E-state index is -0.248. The maximum Gasteiger partial charge on any atom is 0.216 e. The Balaban J connectivity index is 1.78. The predicted molar refractivity (Wildman–Crippen MR) is 102 cm³/mol. The van der Waals surface area contributed by atoms with Crippen LogP contribution in [0.3, 0.4) is 0 Å². The van der Waals surface area contributed by atoms with E-state index in [0.717, 1.165) is 29.7 Å². The Hall–Kier alpha value is -2.17. The fraction of sp³-hybridized carbons (Fsp3) is 0.524. The van der Waals surface area contributed by atoms with Crippen molar-refractivity contribution in [1.29, 1.82) is 0 Å². The first-order valence-electron chi connectivity index (χ1n) is 9.40. The largest absolute Gasteiger partial charge is 0.356 e. The molecule has 1 amide bonds. The summed E-state index contributed by atoms with van der Waals surface area (Å²) in [5, 5.41) is 2.97. The van der Waals surface area contributed by atoms with Gasteiger partial charge in [-0.25, -0.2) is 9.37 Å². The Morgan fingerprint density at radius 3 is 2.88 bits per heavy atom. The molecule has 2 N–H and O–H groups in total. The minimum Gasteiger partial charge on any atom is -0.356 e. The number of carbonyl (C=O) groups excluding carboxylic acids is 1. The van der Waals surface area contributed by atoms with Crippen molar-refractivity contribution in [2.75, 3.05) is 6.54 Å². The highest BCUT2D eigenvalue weighted by Crippen LogP contribution is 2.38. The molecule has 0 spiro atoms. The monoisotopic (exact) mass is 357 g/mol. The summed E-state index contributed by atoms with van der Waals surface area (Å²) in [6.45, 7) is 8.94. The number of aromatic nitrogens is 2. The second kappa shape index (κ2) is 7.60. The van der Waals surface area contributed by atoms with E-state index in [1.807, 2.05) is 0 Å². The first-order valence-corrected chi connectivity index (χ1v) is 9.40. The summed E-state index contributed by atoms with van der Waals surface area (Å²) in [6.07, 6.45) is 4.24. The number of carbonyl (C=O) groups is 1. The lowest BCUT2D eigenvalue weighted by atomic mass is 9.70. The number of rotatable bonds is 5. The number of benzene rings is 1. The Bertz CT molecular complexity index is 824. The van der Waals surface area contributed by atoms with Crippen LogP contribution in [-0.4, -0.2) is 22.4 Å². The van der Waals surface area contributed by atoms with Gasteiger partial charge in [-0.2, -0.15) is 0 Å². The van der Waals surface area contributed by atoms with Crippen LogP contribution in [-0.2, 0) is 11.2 Å². The van der Waals surface area contributed by atoms with Crippen molar-refractivity contribution >= 4 is 16.9 Å². The highest BCUT2D eigenvalue weighted by molar-refractivity contribution is 5.75. The molecule has 0 aliphatic heterocycles. The molecule has 1 aromatic carbocycles. The minimum absolute atomic E-state index is 0.0233. The smallest absolute Gasteiger partial charge is 0.216 e. The molecular formula is C21H28FN3O. The van der Waals surface area contributed by atoms with Crippen molar-refractivity contribution in [2.24, 2.45) is 23.7 Å². The van der Waals surface area contributed by atoms with Gasteiger partial charge in [0.25, 0.3) is 0 Å². The van der Waals surface area contributed by atoms with Crippen LogP contribution in [0.25, 0.3) is 11.0 Å².